The lowest BCUT2D eigenvalue weighted by Gasteiger charge is -2.12. The SMILES string of the molecule is CS(=O)(=O)C(CO)COCc1ccccc1. The van der Waals surface area contributed by atoms with Gasteiger partial charge in [-0.2, -0.15) is 0 Å². The number of sulfone groups is 1. The first kappa shape index (κ1) is 13.2. The Morgan fingerprint density at radius 2 is 1.94 bits per heavy atom. The zero-order valence-corrected chi connectivity index (χ0v) is 9.98. The number of benzene rings is 1. The van der Waals surface area contributed by atoms with E-state index in [1.165, 1.54) is 0 Å². The van der Waals surface area contributed by atoms with Crippen LogP contribution < -0.4 is 0 Å². The van der Waals surface area contributed by atoms with Crippen molar-refractivity contribution in [1.29, 1.82) is 0 Å². The normalized spacial score (nSPS) is 13.6. The summed E-state index contributed by atoms with van der Waals surface area (Å²) in [6, 6.07) is 9.47. The molecule has 5 heteroatoms. The largest absolute Gasteiger partial charge is 0.395 e. The minimum absolute atomic E-state index is 0.0181. The summed E-state index contributed by atoms with van der Waals surface area (Å²) in [5.74, 6) is 0. The van der Waals surface area contributed by atoms with Crippen molar-refractivity contribution < 1.29 is 18.3 Å². The van der Waals surface area contributed by atoms with Gasteiger partial charge in [0, 0.05) is 6.26 Å². The van der Waals surface area contributed by atoms with Crippen LogP contribution in [-0.4, -0.2) is 38.2 Å². The van der Waals surface area contributed by atoms with Gasteiger partial charge in [0.2, 0.25) is 0 Å². The van der Waals surface area contributed by atoms with Crippen molar-refractivity contribution in [2.75, 3.05) is 19.5 Å². The highest BCUT2D eigenvalue weighted by molar-refractivity contribution is 7.91. The molecule has 0 radical (unpaired) electrons. The summed E-state index contributed by atoms with van der Waals surface area (Å²) < 4.78 is 27.6. The molecule has 0 aliphatic rings. The van der Waals surface area contributed by atoms with Gasteiger partial charge in [0.1, 0.15) is 5.25 Å². The third-order valence-corrected chi connectivity index (χ3v) is 3.72. The molecule has 1 atom stereocenters. The predicted octanol–water partition coefficient (Wildman–Crippen LogP) is 0.609. The van der Waals surface area contributed by atoms with Gasteiger partial charge in [-0.25, -0.2) is 8.42 Å². The van der Waals surface area contributed by atoms with Crippen LogP contribution in [0.25, 0.3) is 0 Å². The first-order chi connectivity index (χ1) is 7.54. The molecule has 1 aromatic rings. The molecular weight excluding hydrogens is 228 g/mol. The lowest BCUT2D eigenvalue weighted by atomic mass is 10.2. The summed E-state index contributed by atoms with van der Waals surface area (Å²) in [6.07, 6.45) is 1.10. The maximum absolute atomic E-state index is 11.2. The Morgan fingerprint density at radius 1 is 1.31 bits per heavy atom. The van der Waals surface area contributed by atoms with E-state index in [4.69, 9.17) is 9.84 Å². The molecule has 0 saturated heterocycles. The molecular formula is C11H16O4S. The van der Waals surface area contributed by atoms with Gasteiger partial charge < -0.3 is 9.84 Å². The second-order valence-electron chi connectivity index (χ2n) is 3.63. The molecule has 0 saturated carbocycles. The maximum Gasteiger partial charge on any atom is 0.154 e. The van der Waals surface area contributed by atoms with Crippen molar-refractivity contribution >= 4 is 9.84 Å². The van der Waals surface area contributed by atoms with E-state index >= 15 is 0 Å². The first-order valence-corrected chi connectivity index (χ1v) is 6.91. The van der Waals surface area contributed by atoms with Crippen LogP contribution in [0.4, 0.5) is 0 Å². The molecule has 1 rings (SSSR count). The number of aliphatic hydroxyl groups excluding tert-OH is 1. The van der Waals surface area contributed by atoms with E-state index in [2.05, 4.69) is 0 Å². The number of hydrogen-bond acceptors (Lipinski definition) is 4. The van der Waals surface area contributed by atoms with Crippen LogP contribution in [0.5, 0.6) is 0 Å². The average molecular weight is 244 g/mol. The van der Waals surface area contributed by atoms with Crippen molar-refractivity contribution in [2.45, 2.75) is 11.9 Å². The molecule has 90 valence electrons. The molecule has 0 aliphatic carbocycles. The fraction of sp³-hybridized carbons (Fsp3) is 0.455. The van der Waals surface area contributed by atoms with Gasteiger partial charge in [0.05, 0.1) is 19.8 Å². The molecule has 0 aromatic heterocycles. The molecule has 1 unspecified atom stereocenters. The highest BCUT2D eigenvalue weighted by Gasteiger charge is 2.19. The number of ether oxygens (including phenoxy) is 1. The van der Waals surface area contributed by atoms with Gasteiger partial charge in [-0.15, -0.1) is 0 Å². The Kier molecular flexibility index (Phi) is 4.92. The lowest BCUT2D eigenvalue weighted by molar-refractivity contribution is 0.106. The summed E-state index contributed by atoms with van der Waals surface area (Å²) in [5.41, 5.74) is 0.979. The summed E-state index contributed by atoms with van der Waals surface area (Å²) in [6.45, 7) is -0.0370. The van der Waals surface area contributed by atoms with E-state index < -0.39 is 21.7 Å². The molecule has 0 fully saturated rings. The molecule has 4 nitrogen and oxygen atoms in total. The maximum atomic E-state index is 11.2. The van der Waals surface area contributed by atoms with Crippen LogP contribution in [0.3, 0.4) is 0 Å². The van der Waals surface area contributed by atoms with Crippen molar-refractivity contribution in [3.05, 3.63) is 35.9 Å². The summed E-state index contributed by atoms with van der Waals surface area (Å²) in [5, 5.41) is 8.06. The highest BCUT2D eigenvalue weighted by Crippen LogP contribution is 2.04. The van der Waals surface area contributed by atoms with E-state index in [-0.39, 0.29) is 6.61 Å². The second kappa shape index (κ2) is 5.98. The van der Waals surface area contributed by atoms with Crippen molar-refractivity contribution in [3.8, 4) is 0 Å². The van der Waals surface area contributed by atoms with Gasteiger partial charge in [-0.3, -0.25) is 0 Å². The number of hydrogen-bond donors (Lipinski definition) is 1. The molecule has 16 heavy (non-hydrogen) atoms. The Balaban J connectivity index is 2.41. The van der Waals surface area contributed by atoms with E-state index in [1.807, 2.05) is 30.3 Å². The quantitative estimate of drug-likeness (QED) is 0.796. The van der Waals surface area contributed by atoms with Gasteiger partial charge in [-0.05, 0) is 5.56 Å². The third-order valence-electron chi connectivity index (χ3n) is 2.22. The van der Waals surface area contributed by atoms with E-state index in [0.29, 0.717) is 6.61 Å². The highest BCUT2D eigenvalue weighted by atomic mass is 32.2. The van der Waals surface area contributed by atoms with Crippen molar-refractivity contribution in [1.82, 2.24) is 0 Å². The van der Waals surface area contributed by atoms with Gasteiger partial charge in [-0.1, -0.05) is 30.3 Å². The molecule has 1 N–H and O–H groups in total. The Bertz CT molecular complexity index is 399. The zero-order valence-electron chi connectivity index (χ0n) is 9.17. The summed E-state index contributed by atoms with van der Waals surface area (Å²) >= 11 is 0. The zero-order chi connectivity index (χ0) is 12.0. The molecule has 0 bridgehead atoms. The van der Waals surface area contributed by atoms with Crippen molar-refractivity contribution in [2.24, 2.45) is 0 Å². The fourth-order valence-corrected chi connectivity index (χ4v) is 1.81. The van der Waals surface area contributed by atoms with Gasteiger partial charge in [0.25, 0.3) is 0 Å². The third kappa shape index (κ3) is 4.30. The average Bonchev–Trinajstić information content (AvgIpc) is 2.24. The first-order valence-electron chi connectivity index (χ1n) is 4.95. The number of aliphatic hydroxyl groups is 1. The Labute approximate surface area is 95.8 Å². The van der Waals surface area contributed by atoms with Crippen LogP contribution in [0.15, 0.2) is 30.3 Å². The van der Waals surface area contributed by atoms with E-state index in [1.54, 1.807) is 0 Å². The van der Waals surface area contributed by atoms with Gasteiger partial charge >= 0.3 is 0 Å². The standard InChI is InChI=1S/C11H16O4S/c1-16(13,14)11(7-12)9-15-8-10-5-3-2-4-6-10/h2-6,11-12H,7-9H2,1H3. The summed E-state index contributed by atoms with van der Waals surface area (Å²) in [7, 11) is -3.24. The monoisotopic (exact) mass is 244 g/mol. The number of rotatable bonds is 6. The molecule has 0 amide bonds. The molecule has 1 aromatic carbocycles. The summed E-state index contributed by atoms with van der Waals surface area (Å²) in [4.78, 5) is 0. The topological polar surface area (TPSA) is 63.6 Å². The minimum Gasteiger partial charge on any atom is -0.395 e. The molecule has 0 spiro atoms. The van der Waals surface area contributed by atoms with Gasteiger partial charge in [0.15, 0.2) is 9.84 Å². The lowest BCUT2D eigenvalue weighted by Crippen LogP contribution is -2.29. The Morgan fingerprint density at radius 3 is 2.44 bits per heavy atom. The predicted molar refractivity (Wildman–Crippen MR) is 61.8 cm³/mol. The van der Waals surface area contributed by atoms with Crippen molar-refractivity contribution in [3.63, 3.8) is 0 Å². The molecule has 0 heterocycles. The van der Waals surface area contributed by atoms with Crippen LogP contribution in [0, 0.1) is 0 Å². The fourth-order valence-electron chi connectivity index (χ4n) is 1.19. The second-order valence-corrected chi connectivity index (χ2v) is 5.96. The van der Waals surface area contributed by atoms with Crippen LogP contribution in [0.1, 0.15) is 5.56 Å². The smallest absolute Gasteiger partial charge is 0.154 e. The minimum atomic E-state index is -3.24. The van der Waals surface area contributed by atoms with Crippen LogP contribution in [-0.2, 0) is 21.2 Å². The van der Waals surface area contributed by atoms with Crippen LogP contribution in [0.2, 0.25) is 0 Å². The Hall–Kier alpha value is -0.910. The van der Waals surface area contributed by atoms with E-state index in [0.717, 1.165) is 11.8 Å². The van der Waals surface area contributed by atoms with E-state index in [9.17, 15) is 8.42 Å². The van der Waals surface area contributed by atoms with Crippen LogP contribution >= 0.6 is 0 Å². The molecule has 0 aliphatic heterocycles.